The highest BCUT2D eigenvalue weighted by molar-refractivity contribution is 5.27. The van der Waals surface area contributed by atoms with Gasteiger partial charge in [0.2, 0.25) is 0 Å². The molecule has 0 aliphatic heterocycles. The van der Waals surface area contributed by atoms with Gasteiger partial charge >= 0.3 is 0 Å². The van der Waals surface area contributed by atoms with Crippen LogP contribution in [-0.4, -0.2) is 19.9 Å². The fraction of sp³-hybridized carbons (Fsp3) is 0.385. The first-order valence-electron chi connectivity index (χ1n) is 5.92. The number of aliphatic hydroxyl groups is 1. The van der Waals surface area contributed by atoms with Gasteiger partial charge in [-0.25, -0.2) is 0 Å². The standard InChI is InChI=1S/C13H17N3O2/c1-9(2)16-8-12(7-15-16)18-11-4-5-13(10(3)17)14-6-11/h4-10,17H,1-3H3/t10-/m1/s1. The lowest BCUT2D eigenvalue weighted by atomic mass is 10.2. The van der Waals surface area contributed by atoms with E-state index in [9.17, 15) is 5.11 Å². The van der Waals surface area contributed by atoms with Gasteiger partial charge in [-0.2, -0.15) is 5.10 Å². The van der Waals surface area contributed by atoms with E-state index in [1.54, 1.807) is 31.5 Å². The first-order chi connectivity index (χ1) is 8.56. The van der Waals surface area contributed by atoms with E-state index in [4.69, 9.17) is 4.74 Å². The summed E-state index contributed by atoms with van der Waals surface area (Å²) in [5.74, 6) is 1.30. The molecule has 0 radical (unpaired) electrons. The number of aliphatic hydroxyl groups excluding tert-OH is 1. The van der Waals surface area contributed by atoms with Crippen LogP contribution in [0.2, 0.25) is 0 Å². The zero-order valence-corrected chi connectivity index (χ0v) is 10.7. The van der Waals surface area contributed by atoms with Crippen molar-refractivity contribution in [3.05, 3.63) is 36.4 Å². The first-order valence-corrected chi connectivity index (χ1v) is 5.92. The Morgan fingerprint density at radius 2 is 1.94 bits per heavy atom. The molecule has 0 aromatic carbocycles. The minimum Gasteiger partial charge on any atom is -0.452 e. The number of ether oxygens (including phenoxy) is 1. The Kier molecular flexibility index (Phi) is 3.62. The number of nitrogens with zero attached hydrogens (tertiary/aromatic N) is 3. The van der Waals surface area contributed by atoms with Crippen LogP contribution in [0, 0.1) is 0 Å². The average Bonchev–Trinajstić information content (AvgIpc) is 2.78. The highest BCUT2D eigenvalue weighted by atomic mass is 16.5. The SMILES string of the molecule is CC(C)n1cc(Oc2ccc([C@@H](C)O)nc2)cn1. The van der Waals surface area contributed by atoms with E-state index in [0.717, 1.165) is 0 Å². The van der Waals surface area contributed by atoms with Crippen molar-refractivity contribution in [1.29, 1.82) is 0 Å². The Morgan fingerprint density at radius 1 is 1.17 bits per heavy atom. The molecule has 2 aromatic rings. The van der Waals surface area contributed by atoms with Crippen molar-refractivity contribution in [2.75, 3.05) is 0 Å². The first kappa shape index (κ1) is 12.6. The smallest absolute Gasteiger partial charge is 0.165 e. The second-order valence-electron chi connectivity index (χ2n) is 4.45. The molecule has 0 unspecified atom stereocenters. The molecular formula is C13H17N3O2. The van der Waals surface area contributed by atoms with Gasteiger partial charge in [0.25, 0.3) is 0 Å². The molecule has 2 rings (SSSR count). The van der Waals surface area contributed by atoms with Gasteiger partial charge in [-0.3, -0.25) is 9.67 Å². The van der Waals surface area contributed by atoms with Crippen molar-refractivity contribution >= 4 is 0 Å². The number of hydrogen-bond acceptors (Lipinski definition) is 4. The molecule has 0 bridgehead atoms. The molecule has 1 N–H and O–H groups in total. The molecule has 5 nitrogen and oxygen atoms in total. The molecule has 2 heterocycles. The van der Waals surface area contributed by atoms with Gasteiger partial charge in [-0.05, 0) is 32.9 Å². The van der Waals surface area contributed by atoms with Gasteiger partial charge < -0.3 is 9.84 Å². The van der Waals surface area contributed by atoms with Crippen molar-refractivity contribution in [1.82, 2.24) is 14.8 Å². The second kappa shape index (κ2) is 5.18. The quantitative estimate of drug-likeness (QED) is 0.902. The molecule has 0 aliphatic rings. The van der Waals surface area contributed by atoms with Crippen LogP contribution < -0.4 is 4.74 Å². The van der Waals surface area contributed by atoms with Gasteiger partial charge in [-0.15, -0.1) is 0 Å². The maximum atomic E-state index is 9.35. The molecular weight excluding hydrogens is 230 g/mol. The molecule has 0 fully saturated rings. The summed E-state index contributed by atoms with van der Waals surface area (Å²) in [6.45, 7) is 5.78. The number of pyridine rings is 1. The Morgan fingerprint density at radius 3 is 2.44 bits per heavy atom. The summed E-state index contributed by atoms with van der Waals surface area (Å²) in [4.78, 5) is 4.11. The lowest BCUT2D eigenvalue weighted by Crippen LogP contribution is -1.99. The normalized spacial score (nSPS) is 12.7. The topological polar surface area (TPSA) is 60.2 Å². The van der Waals surface area contributed by atoms with Gasteiger partial charge in [0.15, 0.2) is 5.75 Å². The van der Waals surface area contributed by atoms with E-state index >= 15 is 0 Å². The molecule has 2 aromatic heterocycles. The third-order valence-corrected chi connectivity index (χ3v) is 2.53. The largest absolute Gasteiger partial charge is 0.452 e. The van der Waals surface area contributed by atoms with Crippen molar-refractivity contribution in [2.45, 2.75) is 32.9 Å². The maximum absolute atomic E-state index is 9.35. The fourth-order valence-electron chi connectivity index (χ4n) is 1.49. The van der Waals surface area contributed by atoms with Crippen molar-refractivity contribution in [3.63, 3.8) is 0 Å². The van der Waals surface area contributed by atoms with Crippen LogP contribution in [0.5, 0.6) is 11.5 Å². The summed E-state index contributed by atoms with van der Waals surface area (Å²) in [5, 5.41) is 13.5. The third-order valence-electron chi connectivity index (χ3n) is 2.53. The van der Waals surface area contributed by atoms with E-state index in [2.05, 4.69) is 23.9 Å². The molecule has 96 valence electrons. The third kappa shape index (κ3) is 2.87. The monoisotopic (exact) mass is 247 g/mol. The van der Waals surface area contributed by atoms with Crippen LogP contribution in [0.25, 0.3) is 0 Å². The Bertz CT molecular complexity index is 503. The zero-order chi connectivity index (χ0) is 13.1. The molecule has 0 amide bonds. The van der Waals surface area contributed by atoms with Gasteiger partial charge in [-0.1, -0.05) is 0 Å². The predicted octanol–water partition coefficient (Wildman–Crippen LogP) is 2.70. The minimum absolute atomic E-state index is 0.304. The van der Waals surface area contributed by atoms with Crippen LogP contribution in [0.1, 0.15) is 38.6 Å². The van der Waals surface area contributed by atoms with Crippen LogP contribution in [-0.2, 0) is 0 Å². The summed E-state index contributed by atoms with van der Waals surface area (Å²) in [6.07, 6.45) is 4.53. The van der Waals surface area contributed by atoms with Gasteiger partial charge in [0.05, 0.1) is 30.4 Å². The number of rotatable bonds is 4. The molecule has 0 spiro atoms. The molecule has 18 heavy (non-hydrogen) atoms. The van der Waals surface area contributed by atoms with E-state index in [1.165, 1.54) is 0 Å². The summed E-state index contributed by atoms with van der Waals surface area (Å²) >= 11 is 0. The fourth-order valence-corrected chi connectivity index (χ4v) is 1.49. The predicted molar refractivity (Wildman–Crippen MR) is 67.6 cm³/mol. The molecule has 0 saturated heterocycles. The van der Waals surface area contributed by atoms with E-state index < -0.39 is 6.10 Å². The van der Waals surface area contributed by atoms with Crippen LogP contribution in [0.3, 0.4) is 0 Å². The zero-order valence-electron chi connectivity index (χ0n) is 10.7. The highest BCUT2D eigenvalue weighted by Crippen LogP contribution is 2.22. The van der Waals surface area contributed by atoms with Crippen molar-refractivity contribution < 1.29 is 9.84 Å². The van der Waals surface area contributed by atoms with Crippen molar-refractivity contribution in [2.24, 2.45) is 0 Å². The van der Waals surface area contributed by atoms with Gasteiger partial charge in [0.1, 0.15) is 5.75 Å². The summed E-state index contributed by atoms with van der Waals surface area (Å²) in [6, 6.07) is 3.83. The van der Waals surface area contributed by atoms with E-state index in [0.29, 0.717) is 23.2 Å². The maximum Gasteiger partial charge on any atom is 0.165 e. The second-order valence-corrected chi connectivity index (χ2v) is 4.45. The Hall–Kier alpha value is -1.88. The molecule has 0 saturated carbocycles. The van der Waals surface area contributed by atoms with Crippen LogP contribution in [0.4, 0.5) is 0 Å². The Labute approximate surface area is 106 Å². The number of hydrogen-bond donors (Lipinski definition) is 1. The molecule has 5 heteroatoms. The van der Waals surface area contributed by atoms with E-state index in [-0.39, 0.29) is 0 Å². The van der Waals surface area contributed by atoms with Crippen molar-refractivity contribution in [3.8, 4) is 11.5 Å². The summed E-state index contributed by atoms with van der Waals surface area (Å²) in [5.41, 5.74) is 0.625. The minimum atomic E-state index is -0.567. The van der Waals surface area contributed by atoms with Crippen LogP contribution >= 0.6 is 0 Å². The Balaban J connectivity index is 2.08. The summed E-state index contributed by atoms with van der Waals surface area (Å²) < 4.78 is 7.44. The highest BCUT2D eigenvalue weighted by Gasteiger charge is 2.05. The average molecular weight is 247 g/mol. The molecule has 1 atom stereocenters. The lowest BCUT2D eigenvalue weighted by molar-refractivity contribution is 0.194. The van der Waals surface area contributed by atoms with E-state index in [1.807, 2.05) is 10.9 Å². The molecule has 0 aliphatic carbocycles. The number of aromatic nitrogens is 3. The summed E-state index contributed by atoms with van der Waals surface area (Å²) in [7, 11) is 0. The lowest BCUT2D eigenvalue weighted by Gasteiger charge is -2.06. The van der Waals surface area contributed by atoms with Crippen LogP contribution in [0.15, 0.2) is 30.7 Å². The van der Waals surface area contributed by atoms with Gasteiger partial charge in [0, 0.05) is 6.04 Å².